The lowest BCUT2D eigenvalue weighted by molar-refractivity contribution is -0.128. The minimum absolute atomic E-state index is 0.117. The van der Waals surface area contributed by atoms with E-state index in [9.17, 15) is 4.79 Å². The van der Waals surface area contributed by atoms with Crippen molar-refractivity contribution < 1.29 is 9.53 Å². The van der Waals surface area contributed by atoms with Gasteiger partial charge in [-0.2, -0.15) is 0 Å². The normalized spacial score (nSPS) is 20.2. The molecule has 0 saturated carbocycles. The summed E-state index contributed by atoms with van der Waals surface area (Å²) < 4.78 is 6.40. The van der Waals surface area contributed by atoms with Gasteiger partial charge in [-0.25, -0.2) is 0 Å². The fourth-order valence-corrected chi connectivity index (χ4v) is 4.41. The predicted molar refractivity (Wildman–Crippen MR) is 126 cm³/mol. The maximum atomic E-state index is 11.7. The molecule has 0 spiro atoms. The van der Waals surface area contributed by atoms with Crippen molar-refractivity contribution in [3.8, 4) is 5.75 Å². The largest absolute Gasteiger partial charge is 0.486 e. The number of carbonyl (C=O) groups is 1. The molecule has 0 aromatic heterocycles. The molecule has 2 aromatic rings. The maximum Gasteiger partial charge on any atom is 0.219 e. The Bertz CT molecular complexity index is 1060. The van der Waals surface area contributed by atoms with E-state index in [0.29, 0.717) is 11.6 Å². The number of halogens is 1. The number of amides is 1. The van der Waals surface area contributed by atoms with E-state index in [2.05, 4.69) is 29.6 Å². The molecule has 2 aliphatic rings. The number of hydrogen-bond donors (Lipinski definition) is 2. The fourth-order valence-electron chi connectivity index (χ4n) is 4.23. The lowest BCUT2D eigenvalue weighted by Crippen LogP contribution is -2.32. The van der Waals surface area contributed by atoms with Crippen molar-refractivity contribution in [3.05, 3.63) is 76.0 Å². The molecular formula is C25H28ClN3O2. The highest BCUT2D eigenvalue weighted by Gasteiger charge is 2.25. The van der Waals surface area contributed by atoms with E-state index >= 15 is 0 Å². The van der Waals surface area contributed by atoms with Gasteiger partial charge >= 0.3 is 0 Å². The predicted octanol–water partition coefficient (Wildman–Crippen LogP) is 4.74. The van der Waals surface area contributed by atoms with E-state index in [1.807, 2.05) is 36.1 Å². The minimum atomic E-state index is -0.129. The monoisotopic (exact) mass is 437 g/mol. The van der Waals surface area contributed by atoms with Crippen LogP contribution >= 0.6 is 11.6 Å². The van der Waals surface area contributed by atoms with Crippen LogP contribution in [0, 0.1) is 0 Å². The van der Waals surface area contributed by atoms with Crippen LogP contribution in [0.15, 0.2) is 54.2 Å². The van der Waals surface area contributed by atoms with E-state index in [1.54, 1.807) is 6.92 Å². The summed E-state index contributed by atoms with van der Waals surface area (Å²) in [6.45, 7) is 5.69. The lowest BCUT2D eigenvalue weighted by Gasteiger charge is -2.26. The van der Waals surface area contributed by atoms with Crippen LogP contribution in [0.4, 0.5) is 0 Å². The Balaban J connectivity index is 1.72. The first-order chi connectivity index (χ1) is 14.9. The van der Waals surface area contributed by atoms with Gasteiger partial charge in [0, 0.05) is 54.8 Å². The number of benzene rings is 2. The Morgan fingerprint density at radius 2 is 2.06 bits per heavy atom. The molecule has 0 radical (unpaired) electrons. The molecule has 2 aliphatic heterocycles. The minimum Gasteiger partial charge on any atom is -0.486 e. The molecule has 2 aromatic carbocycles. The van der Waals surface area contributed by atoms with Gasteiger partial charge in [0.05, 0.1) is 5.70 Å². The Labute approximate surface area is 188 Å². The highest BCUT2D eigenvalue weighted by Crippen LogP contribution is 2.36. The molecule has 2 heterocycles. The lowest BCUT2D eigenvalue weighted by atomic mass is 9.91. The Kier molecular flexibility index (Phi) is 6.23. The van der Waals surface area contributed by atoms with Crippen molar-refractivity contribution in [2.75, 3.05) is 19.6 Å². The summed E-state index contributed by atoms with van der Waals surface area (Å²) in [5, 5.41) is 4.12. The van der Waals surface area contributed by atoms with Gasteiger partial charge in [-0.05, 0) is 48.7 Å². The summed E-state index contributed by atoms with van der Waals surface area (Å²) in [7, 11) is 0. The van der Waals surface area contributed by atoms with Crippen LogP contribution in [-0.4, -0.2) is 30.4 Å². The number of fused-ring (bicyclic) bond motifs is 1. The number of nitrogens with zero attached hydrogens (tertiary/aromatic N) is 1. The molecule has 0 fully saturated rings. The number of carbonyl (C=O) groups excluding carboxylic acids is 1. The van der Waals surface area contributed by atoms with Crippen LogP contribution in [0.5, 0.6) is 5.75 Å². The number of allylic oxidation sites excluding steroid dienone is 1. The van der Waals surface area contributed by atoms with Crippen molar-refractivity contribution in [1.82, 2.24) is 10.2 Å². The number of nitrogens with two attached hydrogens (primary N) is 1. The van der Waals surface area contributed by atoms with Gasteiger partial charge in [0.1, 0.15) is 11.9 Å². The molecule has 6 heteroatoms. The first-order valence-electron chi connectivity index (χ1n) is 10.6. The third-order valence-corrected chi connectivity index (χ3v) is 6.11. The quantitative estimate of drug-likeness (QED) is 0.728. The molecule has 0 aliphatic carbocycles. The van der Waals surface area contributed by atoms with E-state index in [1.165, 1.54) is 5.57 Å². The fraction of sp³-hybridized carbons (Fsp3) is 0.320. The molecule has 31 heavy (non-hydrogen) atoms. The molecule has 162 valence electrons. The third-order valence-electron chi connectivity index (χ3n) is 5.87. The zero-order chi connectivity index (χ0) is 22.0. The Hall–Kier alpha value is -2.92. The summed E-state index contributed by atoms with van der Waals surface area (Å²) >= 11 is 6.17. The summed E-state index contributed by atoms with van der Waals surface area (Å²) in [6, 6.07) is 14.0. The average molecular weight is 438 g/mol. The second-order valence-electron chi connectivity index (χ2n) is 8.08. The van der Waals surface area contributed by atoms with Gasteiger partial charge < -0.3 is 20.7 Å². The van der Waals surface area contributed by atoms with Crippen LogP contribution in [0.2, 0.25) is 5.02 Å². The van der Waals surface area contributed by atoms with Crippen molar-refractivity contribution >= 4 is 28.8 Å². The average Bonchev–Trinajstić information content (AvgIpc) is 2.93. The SMILES string of the molecule is CC(=O)N1CC=C(c2ccc3c(c2)C(Oc2cccc(Cl)c2)CCN/C3=C(/C)N)CC1. The van der Waals surface area contributed by atoms with Gasteiger partial charge in [0.25, 0.3) is 0 Å². The number of ether oxygens (including phenoxy) is 1. The molecule has 1 atom stereocenters. The zero-order valence-corrected chi connectivity index (χ0v) is 18.7. The first kappa shape index (κ1) is 21.3. The van der Waals surface area contributed by atoms with Crippen LogP contribution in [-0.2, 0) is 4.79 Å². The summed E-state index contributed by atoms with van der Waals surface area (Å²) in [5.41, 5.74) is 12.5. The van der Waals surface area contributed by atoms with Crippen molar-refractivity contribution in [2.24, 2.45) is 5.73 Å². The molecule has 1 unspecified atom stereocenters. The van der Waals surface area contributed by atoms with E-state index < -0.39 is 0 Å². The summed E-state index contributed by atoms with van der Waals surface area (Å²) in [4.78, 5) is 13.5. The Morgan fingerprint density at radius 1 is 1.23 bits per heavy atom. The highest BCUT2D eigenvalue weighted by atomic mass is 35.5. The molecule has 4 rings (SSSR count). The molecule has 0 bridgehead atoms. The second-order valence-corrected chi connectivity index (χ2v) is 8.52. The summed E-state index contributed by atoms with van der Waals surface area (Å²) in [6.07, 6.45) is 3.67. The van der Waals surface area contributed by atoms with E-state index in [-0.39, 0.29) is 12.0 Å². The van der Waals surface area contributed by atoms with Crippen molar-refractivity contribution in [2.45, 2.75) is 32.8 Å². The van der Waals surface area contributed by atoms with Crippen LogP contribution < -0.4 is 15.8 Å². The maximum absolute atomic E-state index is 11.7. The van der Waals surface area contributed by atoms with Gasteiger partial charge in [0.15, 0.2) is 0 Å². The smallest absolute Gasteiger partial charge is 0.219 e. The number of nitrogens with one attached hydrogen (secondary N) is 1. The molecule has 5 nitrogen and oxygen atoms in total. The molecule has 3 N–H and O–H groups in total. The van der Waals surface area contributed by atoms with Gasteiger partial charge in [-0.15, -0.1) is 0 Å². The van der Waals surface area contributed by atoms with Crippen molar-refractivity contribution in [3.63, 3.8) is 0 Å². The molecule has 0 saturated heterocycles. The van der Waals surface area contributed by atoms with E-state index in [0.717, 1.165) is 59.8 Å². The van der Waals surface area contributed by atoms with Gasteiger partial charge in [-0.3, -0.25) is 4.79 Å². The van der Waals surface area contributed by atoms with Gasteiger partial charge in [0.2, 0.25) is 5.91 Å². The molecule has 1 amide bonds. The van der Waals surface area contributed by atoms with Crippen LogP contribution in [0.3, 0.4) is 0 Å². The number of rotatable bonds is 3. The zero-order valence-electron chi connectivity index (χ0n) is 18.0. The number of hydrogen-bond acceptors (Lipinski definition) is 4. The van der Waals surface area contributed by atoms with Crippen molar-refractivity contribution in [1.29, 1.82) is 0 Å². The summed E-state index contributed by atoms with van der Waals surface area (Å²) in [5.74, 6) is 0.867. The Morgan fingerprint density at radius 3 is 2.74 bits per heavy atom. The first-order valence-corrected chi connectivity index (χ1v) is 11.0. The molecular weight excluding hydrogens is 410 g/mol. The third kappa shape index (κ3) is 4.72. The van der Waals surface area contributed by atoms with Gasteiger partial charge in [-0.1, -0.05) is 35.9 Å². The second kappa shape index (κ2) is 9.06. The highest BCUT2D eigenvalue weighted by molar-refractivity contribution is 6.30. The van der Waals surface area contributed by atoms with Crippen LogP contribution in [0.25, 0.3) is 11.3 Å². The van der Waals surface area contributed by atoms with E-state index in [4.69, 9.17) is 22.1 Å². The topological polar surface area (TPSA) is 67.6 Å². The van der Waals surface area contributed by atoms with Crippen LogP contribution in [0.1, 0.15) is 49.5 Å². The standard InChI is InChI=1S/C25H28ClN3O2/c1-16(27)25-22-7-6-19(18-9-12-29(13-10-18)17(2)30)14-23(22)24(8-11-28-25)31-21-5-3-4-20(26)15-21/h3-7,9,14-15,24,28H,8,10-13,27H2,1-2H3/b25-16-.